The van der Waals surface area contributed by atoms with Crippen molar-refractivity contribution in [2.45, 2.75) is 3.43 Å². The number of ether oxygens (including phenoxy) is 1. The monoisotopic (exact) mass is 334 g/mol. The Morgan fingerprint density at radius 2 is 2.40 bits per heavy atom. The molecule has 1 unspecified atom stereocenters. The van der Waals surface area contributed by atoms with Crippen molar-refractivity contribution in [3.8, 4) is 0 Å². The Kier molecular flexibility index (Phi) is 4.50. The molecule has 0 radical (unpaired) electrons. The zero-order chi connectivity index (χ0) is 8.15. The summed E-state index contributed by atoms with van der Waals surface area (Å²) in [6.07, 6.45) is 0. The van der Waals surface area contributed by atoms with Gasteiger partial charge in [0.2, 0.25) is 0 Å². The molecule has 0 aromatic carbocycles. The quantitative estimate of drug-likeness (QED) is 0.310. The maximum absolute atomic E-state index is 10.6. The fraction of sp³-hybridized carbons (Fsp3) is 0.750. The third kappa shape index (κ3) is 3.76. The number of nitrogens with zero attached hydrogens (tertiary/aromatic N) is 1. The van der Waals surface area contributed by atoms with Gasteiger partial charge in [0.15, 0.2) is 0 Å². The number of hydrogen-bond donors (Lipinski definition) is 0. The van der Waals surface area contributed by atoms with Crippen LogP contribution in [0.1, 0.15) is 0 Å². The van der Waals surface area contributed by atoms with Gasteiger partial charge in [-0.25, -0.2) is 0 Å². The normalized spacial score (nSPS) is 12.3. The molecule has 0 aliphatic carbocycles. The molecule has 0 fully saturated rings. The molecule has 0 N–H and O–H groups in total. The van der Waals surface area contributed by atoms with E-state index in [-0.39, 0.29) is 32.7 Å². The fourth-order valence-corrected chi connectivity index (χ4v) is 1.89. The summed E-state index contributed by atoms with van der Waals surface area (Å²) < 4.78 is 3.86. The number of esters is 1. The molecule has 53 valence electrons. The van der Waals surface area contributed by atoms with Crippen LogP contribution in [0.15, 0.2) is 0 Å². The second kappa shape index (κ2) is 4.59. The Hall–Kier alpha value is -0.195. The summed E-state index contributed by atoms with van der Waals surface area (Å²) in [4.78, 5) is 19.9. The van der Waals surface area contributed by atoms with Gasteiger partial charge >= 0.3 is 73.7 Å². The molecule has 0 aromatic rings. The molecule has 0 amide bonds. The third-order valence-electron chi connectivity index (χ3n) is 0.904. The van der Waals surface area contributed by atoms with Crippen LogP contribution in [0.25, 0.3) is 0 Å². The Bertz CT molecular complexity index is 148. The van der Waals surface area contributed by atoms with Gasteiger partial charge in [-0.15, -0.1) is 0 Å². The molecule has 0 saturated heterocycles. The molecule has 10 heavy (non-hydrogen) atoms. The summed E-state index contributed by atoms with van der Waals surface area (Å²) in [5, 5.41) is 9.86. The summed E-state index contributed by atoms with van der Waals surface area (Å²) in [6.45, 7) is -0.282. The maximum atomic E-state index is 10.6. The summed E-state index contributed by atoms with van der Waals surface area (Å²) in [7, 11) is 1.24. The Morgan fingerprint density at radius 3 is 2.70 bits per heavy atom. The number of rotatable bonds is 3. The van der Waals surface area contributed by atoms with Gasteiger partial charge in [-0.05, 0) is 0 Å². The SMILES string of the molecule is COC(=O)[CH]([Hg])C[N+](=O)[O-]. The molecule has 0 bridgehead atoms. The van der Waals surface area contributed by atoms with Crippen molar-refractivity contribution < 1.29 is 40.6 Å². The fourth-order valence-electron chi connectivity index (χ4n) is 0.421. The van der Waals surface area contributed by atoms with E-state index in [9.17, 15) is 14.9 Å². The molecule has 6 heteroatoms. The molecule has 0 heterocycles. The molecule has 0 aliphatic heterocycles. The van der Waals surface area contributed by atoms with Crippen LogP contribution in [0.3, 0.4) is 0 Å². The first-order valence-electron chi connectivity index (χ1n) is 2.60. The summed E-state index contributed by atoms with van der Waals surface area (Å²) >= 11 is 0.0688. The third-order valence-corrected chi connectivity index (χ3v) is 3.20. The zero-order valence-electron chi connectivity index (χ0n) is 5.57. The van der Waals surface area contributed by atoms with Crippen LogP contribution in [-0.4, -0.2) is 24.5 Å². The van der Waals surface area contributed by atoms with Crippen LogP contribution >= 0.6 is 0 Å². The second-order valence-electron chi connectivity index (χ2n) is 1.74. The summed E-state index contributed by atoms with van der Waals surface area (Å²) in [5.41, 5.74) is 0. The van der Waals surface area contributed by atoms with E-state index in [1.807, 2.05) is 0 Å². The van der Waals surface area contributed by atoms with Crippen LogP contribution in [0, 0.1) is 10.1 Å². The van der Waals surface area contributed by atoms with Crippen molar-refractivity contribution in [1.82, 2.24) is 0 Å². The molecule has 0 rings (SSSR count). The van der Waals surface area contributed by atoms with E-state index < -0.39 is 14.3 Å². The van der Waals surface area contributed by atoms with Gasteiger partial charge in [-0.1, -0.05) is 0 Å². The molecule has 0 aliphatic rings. The van der Waals surface area contributed by atoms with Gasteiger partial charge in [0.05, 0.1) is 0 Å². The van der Waals surface area contributed by atoms with Crippen molar-refractivity contribution in [1.29, 1.82) is 0 Å². The van der Waals surface area contributed by atoms with Crippen LogP contribution in [0.4, 0.5) is 0 Å². The number of carbonyl (C=O) groups is 1. The Balaban J connectivity index is 3.72. The zero-order valence-corrected chi connectivity index (χ0v) is 11.1. The number of nitro groups is 1. The van der Waals surface area contributed by atoms with Crippen molar-refractivity contribution in [3.05, 3.63) is 10.1 Å². The van der Waals surface area contributed by atoms with Crippen LogP contribution in [0.2, 0.25) is 3.43 Å². The van der Waals surface area contributed by atoms with E-state index in [4.69, 9.17) is 0 Å². The van der Waals surface area contributed by atoms with Gasteiger partial charge in [0.25, 0.3) is 0 Å². The summed E-state index contributed by atoms with van der Waals surface area (Å²) in [6, 6.07) is 0. The average molecular weight is 333 g/mol. The standard InChI is InChI=1S/C4H6NO4.Hg/c1-9-4(6)2-3-5(7)8;/h2H,3H2,1H3;. The van der Waals surface area contributed by atoms with Crippen molar-refractivity contribution >= 4 is 5.97 Å². The van der Waals surface area contributed by atoms with Gasteiger partial charge in [0, 0.05) is 0 Å². The number of carbonyl (C=O) groups excluding carboxylic acids is 1. The molecular weight excluding hydrogens is 327 g/mol. The Labute approximate surface area is 73.9 Å². The average Bonchev–Trinajstić information content (AvgIpc) is 1.85. The van der Waals surface area contributed by atoms with E-state index >= 15 is 0 Å². The van der Waals surface area contributed by atoms with Crippen LogP contribution in [-0.2, 0) is 35.7 Å². The van der Waals surface area contributed by atoms with Crippen molar-refractivity contribution in [2.75, 3.05) is 13.7 Å². The molecule has 0 saturated carbocycles. The van der Waals surface area contributed by atoms with Gasteiger partial charge < -0.3 is 0 Å². The van der Waals surface area contributed by atoms with E-state index in [0.717, 1.165) is 0 Å². The predicted octanol–water partition coefficient (Wildman–Crippen LogP) is -0.229. The van der Waals surface area contributed by atoms with Crippen LogP contribution in [0.5, 0.6) is 0 Å². The van der Waals surface area contributed by atoms with Gasteiger partial charge in [-0.3, -0.25) is 0 Å². The molecule has 5 nitrogen and oxygen atoms in total. The first-order valence-corrected chi connectivity index (χ1v) is 5.78. The second-order valence-corrected chi connectivity index (χ2v) is 5.57. The van der Waals surface area contributed by atoms with Crippen LogP contribution < -0.4 is 0 Å². The van der Waals surface area contributed by atoms with E-state index in [0.29, 0.717) is 0 Å². The molecule has 1 atom stereocenters. The van der Waals surface area contributed by atoms with Crippen molar-refractivity contribution in [2.24, 2.45) is 0 Å². The summed E-state index contributed by atoms with van der Waals surface area (Å²) in [5.74, 6) is -0.458. The van der Waals surface area contributed by atoms with E-state index in [2.05, 4.69) is 4.74 Å². The van der Waals surface area contributed by atoms with E-state index in [1.54, 1.807) is 0 Å². The Morgan fingerprint density at radius 1 is 1.90 bits per heavy atom. The molecule has 0 aromatic heterocycles. The predicted molar refractivity (Wildman–Crippen MR) is 27.6 cm³/mol. The topological polar surface area (TPSA) is 69.4 Å². The van der Waals surface area contributed by atoms with E-state index in [1.165, 1.54) is 7.11 Å². The first kappa shape index (κ1) is 9.81. The minimum absolute atomic E-state index is 0.0688. The van der Waals surface area contributed by atoms with Gasteiger partial charge in [-0.2, -0.15) is 0 Å². The number of hydrogen-bond acceptors (Lipinski definition) is 4. The number of methoxy groups -OCH3 is 1. The van der Waals surface area contributed by atoms with Gasteiger partial charge in [0.1, 0.15) is 0 Å². The molecule has 0 spiro atoms. The van der Waals surface area contributed by atoms with Crippen molar-refractivity contribution in [3.63, 3.8) is 0 Å². The molecular formula is C4H6HgNO4. The first-order chi connectivity index (χ1) is 4.57. The minimum atomic E-state index is -0.491.